The maximum Gasteiger partial charge on any atom is 0.119 e. The van der Waals surface area contributed by atoms with Crippen molar-refractivity contribution in [3.8, 4) is 11.5 Å². The molecule has 0 heterocycles. The van der Waals surface area contributed by atoms with E-state index in [2.05, 4.69) is 114 Å². The fourth-order valence-electron chi connectivity index (χ4n) is 4.59. The summed E-state index contributed by atoms with van der Waals surface area (Å²) in [4.78, 5) is 2.24. The molecule has 0 aliphatic rings. The summed E-state index contributed by atoms with van der Waals surface area (Å²) in [6, 6.07) is 46.5. The van der Waals surface area contributed by atoms with E-state index >= 15 is 0 Å². The van der Waals surface area contributed by atoms with Crippen molar-refractivity contribution in [3.63, 3.8) is 0 Å². The molecule has 0 radical (unpaired) electrons. The Hall–Kier alpha value is -4.50. The highest BCUT2D eigenvalue weighted by atomic mass is 16.5. The summed E-state index contributed by atoms with van der Waals surface area (Å²) in [6.45, 7) is 0. The first kappa shape index (κ1) is 23.3. The molecular formula is C33H29NO2. The lowest BCUT2D eigenvalue weighted by atomic mass is 9.85. The van der Waals surface area contributed by atoms with E-state index in [1.54, 1.807) is 14.2 Å². The predicted octanol–water partition coefficient (Wildman–Crippen LogP) is 8.35. The highest BCUT2D eigenvalue weighted by molar-refractivity contribution is 5.77. The van der Waals surface area contributed by atoms with Gasteiger partial charge in [0.1, 0.15) is 11.5 Å². The Morgan fingerprint density at radius 1 is 0.417 bits per heavy atom. The standard InChI is InChI=1S/C33H29NO2/c1-35-31-21-17-29(18-22-31)34(30-19-23-32(36-2)24-20-30)28-15-13-27(14-16-28)33(25-9-5-3-6-10-25)26-11-7-4-8-12-26/h3-24,33H,1-2H3. The van der Waals surface area contributed by atoms with Crippen LogP contribution in [0.3, 0.4) is 0 Å². The predicted molar refractivity (Wildman–Crippen MR) is 148 cm³/mol. The van der Waals surface area contributed by atoms with Gasteiger partial charge in [0.05, 0.1) is 14.2 Å². The molecule has 0 atom stereocenters. The summed E-state index contributed by atoms with van der Waals surface area (Å²) >= 11 is 0. The molecule has 0 fully saturated rings. The lowest BCUT2D eigenvalue weighted by Gasteiger charge is -2.27. The molecule has 0 saturated carbocycles. The molecule has 0 aliphatic carbocycles. The number of ether oxygens (including phenoxy) is 2. The number of nitrogens with zero attached hydrogens (tertiary/aromatic N) is 1. The first-order valence-electron chi connectivity index (χ1n) is 12.0. The van der Waals surface area contributed by atoms with Gasteiger partial charge >= 0.3 is 0 Å². The Bertz CT molecular complexity index is 1280. The van der Waals surface area contributed by atoms with Gasteiger partial charge in [0.2, 0.25) is 0 Å². The summed E-state index contributed by atoms with van der Waals surface area (Å²) in [7, 11) is 3.37. The second-order valence-corrected chi connectivity index (χ2v) is 8.58. The van der Waals surface area contributed by atoms with Crippen LogP contribution in [0.2, 0.25) is 0 Å². The fraction of sp³-hybridized carbons (Fsp3) is 0.0909. The van der Waals surface area contributed by atoms with E-state index < -0.39 is 0 Å². The Kier molecular flexibility index (Phi) is 7.00. The highest BCUT2D eigenvalue weighted by Gasteiger charge is 2.18. The van der Waals surface area contributed by atoms with Crippen LogP contribution in [0.15, 0.2) is 133 Å². The Morgan fingerprint density at radius 3 is 1.11 bits per heavy atom. The average Bonchev–Trinajstić information content (AvgIpc) is 2.96. The molecule has 36 heavy (non-hydrogen) atoms. The van der Waals surface area contributed by atoms with Crippen LogP contribution >= 0.6 is 0 Å². The van der Waals surface area contributed by atoms with Crippen molar-refractivity contribution in [2.24, 2.45) is 0 Å². The Balaban J connectivity index is 1.56. The fourth-order valence-corrected chi connectivity index (χ4v) is 4.59. The number of rotatable bonds is 8. The third-order valence-electron chi connectivity index (χ3n) is 6.41. The SMILES string of the molecule is COc1ccc(N(c2ccc(OC)cc2)c2ccc(C(c3ccccc3)c3ccccc3)cc2)cc1. The van der Waals surface area contributed by atoms with Gasteiger partial charge in [-0.1, -0.05) is 72.8 Å². The second-order valence-electron chi connectivity index (χ2n) is 8.58. The molecule has 178 valence electrons. The Morgan fingerprint density at radius 2 is 0.750 bits per heavy atom. The molecular weight excluding hydrogens is 442 g/mol. The third kappa shape index (κ3) is 4.96. The maximum absolute atomic E-state index is 5.38. The van der Waals surface area contributed by atoms with E-state index in [1.807, 2.05) is 24.3 Å². The summed E-state index contributed by atoms with van der Waals surface area (Å²) in [5.74, 6) is 1.83. The zero-order valence-electron chi connectivity index (χ0n) is 20.5. The van der Waals surface area contributed by atoms with Gasteiger partial charge in [-0.3, -0.25) is 0 Å². The summed E-state index contributed by atoms with van der Waals surface area (Å²) in [5.41, 5.74) is 6.99. The monoisotopic (exact) mass is 471 g/mol. The van der Waals surface area contributed by atoms with Crippen molar-refractivity contribution in [3.05, 3.63) is 150 Å². The van der Waals surface area contributed by atoms with Crippen LogP contribution in [0.5, 0.6) is 11.5 Å². The molecule has 0 spiro atoms. The molecule has 0 N–H and O–H groups in total. The van der Waals surface area contributed by atoms with Gasteiger partial charge in [-0.2, -0.15) is 0 Å². The van der Waals surface area contributed by atoms with Crippen LogP contribution in [-0.4, -0.2) is 14.2 Å². The largest absolute Gasteiger partial charge is 0.497 e. The molecule has 3 nitrogen and oxygen atoms in total. The molecule has 3 heteroatoms. The van der Waals surface area contributed by atoms with E-state index in [0.717, 1.165) is 28.6 Å². The molecule has 0 aliphatic heterocycles. The zero-order valence-corrected chi connectivity index (χ0v) is 20.5. The van der Waals surface area contributed by atoms with E-state index in [1.165, 1.54) is 16.7 Å². The average molecular weight is 472 g/mol. The van der Waals surface area contributed by atoms with Gasteiger partial charge in [0.25, 0.3) is 0 Å². The van der Waals surface area contributed by atoms with Crippen molar-refractivity contribution >= 4 is 17.1 Å². The zero-order chi connectivity index (χ0) is 24.7. The van der Waals surface area contributed by atoms with E-state index in [9.17, 15) is 0 Å². The lowest BCUT2D eigenvalue weighted by Crippen LogP contribution is -2.10. The minimum absolute atomic E-state index is 0.164. The minimum atomic E-state index is 0.164. The summed E-state index contributed by atoms with van der Waals surface area (Å²) < 4.78 is 10.8. The maximum atomic E-state index is 5.38. The topological polar surface area (TPSA) is 21.7 Å². The lowest BCUT2D eigenvalue weighted by molar-refractivity contribution is 0.415. The number of anilines is 3. The molecule has 0 saturated heterocycles. The van der Waals surface area contributed by atoms with Gasteiger partial charge in [-0.05, 0) is 77.4 Å². The summed E-state index contributed by atoms with van der Waals surface area (Å²) in [6.07, 6.45) is 0. The number of hydrogen-bond donors (Lipinski definition) is 0. The van der Waals surface area contributed by atoms with E-state index in [-0.39, 0.29) is 5.92 Å². The minimum Gasteiger partial charge on any atom is -0.497 e. The van der Waals surface area contributed by atoms with Crippen LogP contribution in [0.1, 0.15) is 22.6 Å². The quantitative estimate of drug-likeness (QED) is 0.212. The van der Waals surface area contributed by atoms with Gasteiger partial charge in [-0.25, -0.2) is 0 Å². The first-order chi connectivity index (χ1) is 17.8. The normalized spacial score (nSPS) is 10.8. The van der Waals surface area contributed by atoms with Crippen LogP contribution in [-0.2, 0) is 0 Å². The van der Waals surface area contributed by atoms with Gasteiger partial charge in [0.15, 0.2) is 0 Å². The van der Waals surface area contributed by atoms with Crippen molar-refractivity contribution in [1.29, 1.82) is 0 Å². The van der Waals surface area contributed by atoms with Crippen molar-refractivity contribution in [1.82, 2.24) is 0 Å². The molecule has 0 unspecified atom stereocenters. The molecule has 5 aromatic rings. The third-order valence-corrected chi connectivity index (χ3v) is 6.41. The van der Waals surface area contributed by atoms with Crippen molar-refractivity contribution in [2.45, 2.75) is 5.92 Å². The highest BCUT2D eigenvalue weighted by Crippen LogP contribution is 2.38. The van der Waals surface area contributed by atoms with Crippen LogP contribution in [0.25, 0.3) is 0 Å². The van der Waals surface area contributed by atoms with Gasteiger partial charge < -0.3 is 14.4 Å². The van der Waals surface area contributed by atoms with E-state index in [4.69, 9.17) is 9.47 Å². The van der Waals surface area contributed by atoms with Crippen LogP contribution < -0.4 is 14.4 Å². The summed E-state index contributed by atoms with van der Waals surface area (Å²) in [5, 5.41) is 0. The molecule has 5 aromatic carbocycles. The van der Waals surface area contributed by atoms with Crippen molar-refractivity contribution < 1.29 is 9.47 Å². The second kappa shape index (κ2) is 10.8. The molecule has 0 aromatic heterocycles. The molecule has 5 rings (SSSR count). The number of benzene rings is 5. The number of hydrogen-bond acceptors (Lipinski definition) is 3. The first-order valence-corrected chi connectivity index (χ1v) is 12.0. The Labute approximate surface area is 213 Å². The smallest absolute Gasteiger partial charge is 0.119 e. The van der Waals surface area contributed by atoms with Gasteiger partial charge in [-0.15, -0.1) is 0 Å². The number of methoxy groups -OCH3 is 2. The van der Waals surface area contributed by atoms with E-state index in [0.29, 0.717) is 0 Å². The van der Waals surface area contributed by atoms with Crippen molar-refractivity contribution in [2.75, 3.05) is 19.1 Å². The molecule has 0 amide bonds. The molecule has 0 bridgehead atoms. The van der Waals surface area contributed by atoms with Crippen LogP contribution in [0.4, 0.5) is 17.1 Å². The van der Waals surface area contributed by atoms with Gasteiger partial charge in [0, 0.05) is 23.0 Å². The van der Waals surface area contributed by atoms with Crippen LogP contribution in [0, 0.1) is 0 Å².